The SMILES string of the molecule is CCc1nnc2sc(-c3cc[n+](C)cc3)nn12.[I-]. The molecule has 0 atom stereocenters. The molecule has 3 heterocycles. The van der Waals surface area contributed by atoms with Crippen LogP contribution in [0.2, 0.25) is 0 Å². The van der Waals surface area contributed by atoms with Crippen LogP contribution in [-0.4, -0.2) is 19.8 Å². The summed E-state index contributed by atoms with van der Waals surface area (Å²) in [5.41, 5.74) is 1.11. The lowest BCUT2D eigenvalue weighted by Gasteiger charge is -1.92. The van der Waals surface area contributed by atoms with E-state index in [2.05, 4.69) is 34.4 Å². The van der Waals surface area contributed by atoms with Crippen molar-refractivity contribution >= 4 is 16.3 Å². The van der Waals surface area contributed by atoms with E-state index in [9.17, 15) is 0 Å². The Morgan fingerprint density at radius 3 is 2.67 bits per heavy atom. The summed E-state index contributed by atoms with van der Waals surface area (Å²) >= 11 is 1.56. The van der Waals surface area contributed by atoms with E-state index in [0.29, 0.717) is 0 Å². The van der Waals surface area contributed by atoms with Gasteiger partial charge in [-0.2, -0.15) is 9.61 Å². The number of aryl methyl sites for hydroxylation is 2. The minimum Gasteiger partial charge on any atom is -1.00 e. The maximum atomic E-state index is 4.54. The summed E-state index contributed by atoms with van der Waals surface area (Å²) in [5, 5.41) is 13.7. The average Bonchev–Trinajstić information content (AvgIpc) is 2.89. The first kappa shape index (κ1) is 13.3. The van der Waals surface area contributed by atoms with Gasteiger partial charge in [0.1, 0.15) is 12.1 Å². The van der Waals surface area contributed by atoms with Gasteiger partial charge in [0.05, 0.1) is 0 Å². The molecule has 18 heavy (non-hydrogen) atoms. The van der Waals surface area contributed by atoms with Gasteiger partial charge >= 0.3 is 0 Å². The summed E-state index contributed by atoms with van der Waals surface area (Å²) in [6.07, 6.45) is 4.87. The molecule has 7 heteroatoms. The van der Waals surface area contributed by atoms with E-state index < -0.39 is 0 Å². The molecule has 0 aliphatic carbocycles. The van der Waals surface area contributed by atoms with Crippen LogP contribution in [0.1, 0.15) is 12.7 Å². The third kappa shape index (κ3) is 2.24. The van der Waals surface area contributed by atoms with Crippen molar-refractivity contribution in [2.75, 3.05) is 0 Å². The second kappa shape index (κ2) is 5.27. The highest BCUT2D eigenvalue weighted by Crippen LogP contribution is 2.24. The summed E-state index contributed by atoms with van der Waals surface area (Å²) in [6.45, 7) is 2.05. The first-order chi connectivity index (χ1) is 8.28. The number of nitrogens with zero attached hydrogens (tertiary/aromatic N) is 5. The Morgan fingerprint density at radius 2 is 2.00 bits per heavy atom. The lowest BCUT2D eigenvalue weighted by atomic mass is 10.3. The standard InChI is InChI=1S/C11H12N5S.HI/c1-3-9-12-13-11-16(9)14-10(17-11)8-4-6-15(2)7-5-8;/h4-7H,3H2,1-2H3;1H/q+1;/p-1. The molecule has 5 nitrogen and oxygen atoms in total. The highest BCUT2D eigenvalue weighted by Gasteiger charge is 2.12. The predicted octanol–water partition coefficient (Wildman–Crippen LogP) is -1.76. The van der Waals surface area contributed by atoms with Crippen LogP contribution in [0.15, 0.2) is 24.5 Å². The van der Waals surface area contributed by atoms with Gasteiger partial charge in [-0.15, -0.1) is 10.2 Å². The monoisotopic (exact) mass is 373 g/mol. The number of pyridine rings is 1. The molecule has 0 saturated heterocycles. The normalized spacial score (nSPS) is 10.6. The second-order valence-corrected chi connectivity index (χ2v) is 4.78. The topological polar surface area (TPSA) is 47.0 Å². The minimum atomic E-state index is 0. The van der Waals surface area contributed by atoms with Gasteiger partial charge < -0.3 is 24.0 Å². The van der Waals surface area contributed by atoms with Crippen LogP contribution in [0.4, 0.5) is 0 Å². The van der Waals surface area contributed by atoms with Gasteiger partial charge in [0.15, 0.2) is 18.2 Å². The van der Waals surface area contributed by atoms with Crippen molar-refractivity contribution in [2.24, 2.45) is 7.05 Å². The van der Waals surface area contributed by atoms with Crippen molar-refractivity contribution in [3.63, 3.8) is 0 Å². The zero-order valence-corrected chi connectivity index (χ0v) is 13.0. The fraction of sp³-hybridized carbons (Fsp3) is 0.273. The Balaban J connectivity index is 0.00000120. The molecule has 0 aliphatic rings. The Bertz CT molecular complexity index is 658. The molecule has 0 N–H and O–H groups in total. The van der Waals surface area contributed by atoms with Gasteiger partial charge in [0.25, 0.3) is 0 Å². The highest BCUT2D eigenvalue weighted by atomic mass is 127. The fourth-order valence-corrected chi connectivity index (χ4v) is 2.50. The number of halogens is 1. The molecule has 0 radical (unpaired) electrons. The van der Waals surface area contributed by atoms with Gasteiger partial charge in [0, 0.05) is 24.1 Å². The average molecular weight is 373 g/mol. The van der Waals surface area contributed by atoms with Gasteiger partial charge in [0.2, 0.25) is 4.96 Å². The summed E-state index contributed by atoms with van der Waals surface area (Å²) in [4.78, 5) is 0.852. The van der Waals surface area contributed by atoms with Crippen molar-refractivity contribution in [3.8, 4) is 10.6 Å². The highest BCUT2D eigenvalue weighted by molar-refractivity contribution is 7.19. The molecule has 94 valence electrons. The first-order valence-electron chi connectivity index (χ1n) is 5.44. The fourth-order valence-electron chi connectivity index (χ4n) is 1.64. The number of fused-ring (bicyclic) bond motifs is 1. The van der Waals surface area contributed by atoms with E-state index in [1.807, 2.05) is 28.5 Å². The largest absolute Gasteiger partial charge is 1.00 e. The van der Waals surface area contributed by atoms with Crippen molar-refractivity contribution in [2.45, 2.75) is 13.3 Å². The zero-order chi connectivity index (χ0) is 11.8. The second-order valence-electron chi connectivity index (χ2n) is 3.82. The van der Waals surface area contributed by atoms with Crippen LogP contribution in [0.5, 0.6) is 0 Å². The van der Waals surface area contributed by atoms with E-state index in [-0.39, 0.29) is 24.0 Å². The molecule has 3 aromatic rings. The summed E-state index contributed by atoms with van der Waals surface area (Å²) in [6, 6.07) is 4.11. The van der Waals surface area contributed by atoms with Crippen molar-refractivity contribution in [1.29, 1.82) is 0 Å². The number of rotatable bonds is 2. The molecular formula is C11H12IN5S. The van der Waals surface area contributed by atoms with Crippen LogP contribution in [0.25, 0.3) is 15.5 Å². The summed E-state index contributed by atoms with van der Waals surface area (Å²) in [7, 11) is 2.00. The lowest BCUT2D eigenvalue weighted by molar-refractivity contribution is -0.671. The Labute approximate surface area is 126 Å². The molecular weight excluding hydrogens is 361 g/mol. The zero-order valence-electron chi connectivity index (χ0n) is 10.0. The molecule has 0 bridgehead atoms. The van der Waals surface area contributed by atoms with Gasteiger partial charge in [-0.1, -0.05) is 18.3 Å². The Kier molecular flexibility index (Phi) is 3.91. The van der Waals surface area contributed by atoms with E-state index in [1.54, 1.807) is 11.3 Å². The molecule has 0 saturated carbocycles. The maximum Gasteiger partial charge on any atom is 0.234 e. The quantitative estimate of drug-likeness (QED) is 0.395. The van der Waals surface area contributed by atoms with Crippen molar-refractivity contribution in [3.05, 3.63) is 30.4 Å². The lowest BCUT2D eigenvalue weighted by Crippen LogP contribution is -3.00. The molecule has 0 spiro atoms. The van der Waals surface area contributed by atoms with Gasteiger partial charge in [-0.3, -0.25) is 0 Å². The van der Waals surface area contributed by atoms with Crippen LogP contribution in [-0.2, 0) is 13.5 Å². The first-order valence-corrected chi connectivity index (χ1v) is 6.26. The van der Waals surface area contributed by atoms with Crippen LogP contribution < -0.4 is 28.5 Å². The molecule has 3 rings (SSSR count). The van der Waals surface area contributed by atoms with Crippen LogP contribution in [0.3, 0.4) is 0 Å². The third-order valence-corrected chi connectivity index (χ3v) is 3.54. The molecule has 0 fully saturated rings. The number of hydrogen-bond acceptors (Lipinski definition) is 4. The molecule has 0 unspecified atom stereocenters. The van der Waals surface area contributed by atoms with E-state index >= 15 is 0 Å². The van der Waals surface area contributed by atoms with E-state index in [1.165, 1.54) is 0 Å². The van der Waals surface area contributed by atoms with Crippen LogP contribution in [0, 0.1) is 0 Å². The van der Waals surface area contributed by atoms with E-state index in [4.69, 9.17) is 0 Å². The van der Waals surface area contributed by atoms with Gasteiger partial charge in [-0.05, 0) is 0 Å². The van der Waals surface area contributed by atoms with E-state index in [0.717, 1.165) is 27.8 Å². The number of aromatic nitrogens is 5. The summed E-state index contributed by atoms with van der Waals surface area (Å²) in [5.74, 6) is 0.906. The smallest absolute Gasteiger partial charge is 0.234 e. The third-order valence-electron chi connectivity index (χ3n) is 2.60. The van der Waals surface area contributed by atoms with Gasteiger partial charge in [-0.25, -0.2) is 4.57 Å². The molecule has 0 amide bonds. The Hall–Kier alpha value is -1.09. The maximum absolute atomic E-state index is 4.54. The predicted molar refractivity (Wildman–Crippen MR) is 64.6 cm³/mol. The van der Waals surface area contributed by atoms with Crippen molar-refractivity contribution in [1.82, 2.24) is 19.8 Å². The minimum absolute atomic E-state index is 0. The van der Waals surface area contributed by atoms with Crippen molar-refractivity contribution < 1.29 is 28.5 Å². The number of hydrogen-bond donors (Lipinski definition) is 0. The molecule has 0 aliphatic heterocycles. The summed E-state index contributed by atoms with van der Waals surface area (Å²) < 4.78 is 3.83. The Morgan fingerprint density at radius 1 is 1.28 bits per heavy atom. The van der Waals surface area contributed by atoms with Crippen LogP contribution >= 0.6 is 11.3 Å². The molecule has 0 aromatic carbocycles. The molecule has 3 aromatic heterocycles.